The third-order valence-corrected chi connectivity index (χ3v) is 3.27. The van der Waals surface area contributed by atoms with E-state index in [2.05, 4.69) is 55.5 Å². The summed E-state index contributed by atoms with van der Waals surface area (Å²) in [4.78, 5) is 2.12. The lowest BCUT2D eigenvalue weighted by Crippen LogP contribution is -2.53. The van der Waals surface area contributed by atoms with E-state index >= 15 is 0 Å². The summed E-state index contributed by atoms with van der Waals surface area (Å²) in [5.41, 5.74) is 2.68. The number of hydrogen-bond donors (Lipinski definition) is 1. The van der Waals surface area contributed by atoms with Crippen LogP contribution in [0.5, 0.6) is 0 Å². The molecule has 1 heterocycles. The Hall–Kier alpha value is -1.06. The Labute approximate surface area is 104 Å². The second-order valence-electron chi connectivity index (χ2n) is 5.28. The number of ether oxygens (including phenoxy) is 1. The van der Waals surface area contributed by atoms with Crippen LogP contribution in [0.25, 0.3) is 0 Å². The lowest BCUT2D eigenvalue weighted by Gasteiger charge is -2.35. The van der Waals surface area contributed by atoms with Gasteiger partial charge in [0.05, 0.1) is 13.2 Å². The maximum Gasteiger partial charge on any atom is 0.0649 e. The van der Waals surface area contributed by atoms with Gasteiger partial charge in [0.15, 0.2) is 0 Å². The first-order valence-electron chi connectivity index (χ1n) is 6.18. The summed E-state index contributed by atoms with van der Waals surface area (Å²) in [6.45, 7) is 4.80. The zero-order chi connectivity index (χ0) is 12.3. The summed E-state index contributed by atoms with van der Waals surface area (Å²) < 4.78 is 5.55. The van der Waals surface area contributed by atoms with Crippen LogP contribution in [0.3, 0.4) is 0 Å². The monoisotopic (exact) mass is 234 g/mol. The molecule has 0 saturated carbocycles. The largest absolute Gasteiger partial charge is 0.378 e. The van der Waals surface area contributed by atoms with Gasteiger partial charge in [-0.25, -0.2) is 0 Å². The molecule has 0 amide bonds. The van der Waals surface area contributed by atoms with Crippen LogP contribution in [0.1, 0.15) is 12.5 Å². The third-order valence-electron chi connectivity index (χ3n) is 3.27. The van der Waals surface area contributed by atoms with E-state index in [1.165, 1.54) is 11.3 Å². The molecule has 2 rings (SSSR count). The molecule has 0 radical (unpaired) electrons. The molecule has 0 aromatic heterocycles. The van der Waals surface area contributed by atoms with E-state index in [-0.39, 0.29) is 5.54 Å². The lowest BCUT2D eigenvalue weighted by atomic mass is 9.92. The third kappa shape index (κ3) is 3.20. The van der Waals surface area contributed by atoms with Crippen LogP contribution in [0.4, 0.5) is 5.69 Å². The highest BCUT2D eigenvalue weighted by atomic mass is 16.5. The fourth-order valence-electron chi connectivity index (χ4n) is 2.25. The fraction of sp³-hybridized carbons (Fsp3) is 0.571. The van der Waals surface area contributed by atoms with Crippen molar-refractivity contribution in [3.63, 3.8) is 0 Å². The summed E-state index contributed by atoms with van der Waals surface area (Å²) in [5.74, 6) is 0. The molecule has 1 aliphatic heterocycles. The van der Waals surface area contributed by atoms with Crippen molar-refractivity contribution in [2.75, 3.05) is 38.8 Å². The molecule has 0 spiro atoms. The molecule has 1 aliphatic rings. The fourth-order valence-corrected chi connectivity index (χ4v) is 2.25. The number of hydrogen-bond acceptors (Lipinski definition) is 3. The van der Waals surface area contributed by atoms with E-state index in [0.717, 1.165) is 26.2 Å². The van der Waals surface area contributed by atoms with Crippen LogP contribution in [-0.4, -0.2) is 39.4 Å². The van der Waals surface area contributed by atoms with Gasteiger partial charge in [0.2, 0.25) is 0 Å². The van der Waals surface area contributed by atoms with E-state index < -0.39 is 0 Å². The molecule has 0 aliphatic carbocycles. The highest BCUT2D eigenvalue weighted by Gasteiger charge is 2.27. The van der Waals surface area contributed by atoms with Crippen molar-refractivity contribution in [2.24, 2.45) is 0 Å². The highest BCUT2D eigenvalue weighted by Crippen LogP contribution is 2.19. The minimum absolute atomic E-state index is 0.0812. The van der Waals surface area contributed by atoms with Gasteiger partial charge in [0.1, 0.15) is 0 Å². The molecular formula is C14H22N2O. The molecule has 1 N–H and O–H groups in total. The molecular weight excluding hydrogens is 212 g/mol. The summed E-state index contributed by atoms with van der Waals surface area (Å²) >= 11 is 0. The molecule has 1 aromatic rings. The lowest BCUT2D eigenvalue weighted by molar-refractivity contribution is 0.0356. The van der Waals surface area contributed by atoms with Crippen molar-refractivity contribution in [1.29, 1.82) is 0 Å². The van der Waals surface area contributed by atoms with Crippen molar-refractivity contribution < 1.29 is 4.74 Å². The summed E-state index contributed by atoms with van der Waals surface area (Å²) in [5, 5.41) is 3.55. The molecule has 1 unspecified atom stereocenters. The van der Waals surface area contributed by atoms with Gasteiger partial charge in [0.25, 0.3) is 0 Å². The Kier molecular flexibility index (Phi) is 3.69. The van der Waals surface area contributed by atoms with E-state index in [9.17, 15) is 0 Å². The normalized spacial score (nSPS) is 24.6. The predicted molar refractivity (Wildman–Crippen MR) is 71.7 cm³/mol. The van der Waals surface area contributed by atoms with E-state index in [0.29, 0.717) is 0 Å². The van der Waals surface area contributed by atoms with Gasteiger partial charge in [-0.3, -0.25) is 0 Å². The first kappa shape index (κ1) is 12.4. The molecule has 1 fully saturated rings. The molecule has 0 bridgehead atoms. The molecule has 3 heteroatoms. The van der Waals surface area contributed by atoms with Crippen LogP contribution in [0.2, 0.25) is 0 Å². The summed E-state index contributed by atoms with van der Waals surface area (Å²) in [6, 6.07) is 8.75. The van der Waals surface area contributed by atoms with Crippen molar-refractivity contribution in [3.8, 4) is 0 Å². The van der Waals surface area contributed by atoms with Crippen molar-refractivity contribution >= 4 is 5.69 Å². The smallest absolute Gasteiger partial charge is 0.0649 e. The zero-order valence-corrected chi connectivity index (χ0v) is 11.0. The number of benzene rings is 1. The van der Waals surface area contributed by atoms with Gasteiger partial charge >= 0.3 is 0 Å². The summed E-state index contributed by atoms with van der Waals surface area (Å²) in [7, 11) is 4.12. The quantitative estimate of drug-likeness (QED) is 0.861. The topological polar surface area (TPSA) is 24.5 Å². The first-order chi connectivity index (χ1) is 8.09. The number of nitrogens with one attached hydrogen (secondary N) is 1. The van der Waals surface area contributed by atoms with Gasteiger partial charge in [-0.2, -0.15) is 0 Å². The van der Waals surface area contributed by atoms with Gasteiger partial charge < -0.3 is 15.0 Å². The number of nitrogens with zero attached hydrogens (tertiary/aromatic N) is 1. The van der Waals surface area contributed by atoms with Crippen LogP contribution < -0.4 is 10.2 Å². The Balaban J connectivity index is 2.03. The van der Waals surface area contributed by atoms with Crippen molar-refractivity contribution in [2.45, 2.75) is 18.9 Å². The first-order valence-corrected chi connectivity index (χ1v) is 6.18. The Morgan fingerprint density at radius 1 is 1.29 bits per heavy atom. The van der Waals surface area contributed by atoms with E-state index in [1.54, 1.807) is 0 Å². The standard InChI is InChI=1S/C14H22N2O/c1-14(11-17-9-8-15-14)10-12-4-6-13(7-5-12)16(2)3/h4-7,15H,8-11H2,1-3H3. The van der Waals surface area contributed by atoms with Crippen LogP contribution in [0, 0.1) is 0 Å². The van der Waals surface area contributed by atoms with Gasteiger partial charge in [-0.15, -0.1) is 0 Å². The maximum atomic E-state index is 5.55. The zero-order valence-electron chi connectivity index (χ0n) is 11.0. The number of morpholine rings is 1. The minimum Gasteiger partial charge on any atom is -0.378 e. The maximum absolute atomic E-state index is 5.55. The Morgan fingerprint density at radius 3 is 2.53 bits per heavy atom. The minimum atomic E-state index is 0.0812. The van der Waals surface area contributed by atoms with Crippen LogP contribution in [-0.2, 0) is 11.2 Å². The molecule has 1 aromatic carbocycles. The average molecular weight is 234 g/mol. The number of rotatable bonds is 3. The average Bonchev–Trinajstić information content (AvgIpc) is 2.30. The molecule has 1 saturated heterocycles. The highest BCUT2D eigenvalue weighted by molar-refractivity contribution is 5.46. The van der Waals surface area contributed by atoms with Crippen molar-refractivity contribution in [3.05, 3.63) is 29.8 Å². The second kappa shape index (κ2) is 5.07. The molecule has 94 valence electrons. The second-order valence-corrected chi connectivity index (χ2v) is 5.28. The van der Waals surface area contributed by atoms with E-state index in [1.807, 2.05) is 0 Å². The number of anilines is 1. The summed E-state index contributed by atoms with van der Waals surface area (Å²) in [6.07, 6.45) is 1.01. The Morgan fingerprint density at radius 2 is 2.00 bits per heavy atom. The predicted octanol–water partition coefficient (Wildman–Crippen LogP) is 1.67. The Bertz CT molecular complexity index is 353. The molecule has 1 atom stereocenters. The van der Waals surface area contributed by atoms with Crippen molar-refractivity contribution in [1.82, 2.24) is 5.32 Å². The molecule has 17 heavy (non-hydrogen) atoms. The van der Waals surface area contributed by atoms with Gasteiger partial charge in [-0.1, -0.05) is 12.1 Å². The van der Waals surface area contributed by atoms with Crippen LogP contribution >= 0.6 is 0 Å². The van der Waals surface area contributed by atoms with Gasteiger partial charge in [0, 0.05) is 31.9 Å². The van der Waals surface area contributed by atoms with E-state index in [4.69, 9.17) is 4.74 Å². The van der Waals surface area contributed by atoms with Gasteiger partial charge in [-0.05, 0) is 31.0 Å². The molecule has 3 nitrogen and oxygen atoms in total. The SMILES string of the molecule is CN(C)c1ccc(CC2(C)COCCN2)cc1. The van der Waals surface area contributed by atoms with Crippen LogP contribution in [0.15, 0.2) is 24.3 Å².